The number of benzene rings is 2. The van der Waals surface area contributed by atoms with E-state index in [0.717, 1.165) is 48.6 Å². The molecule has 168 valence electrons. The van der Waals surface area contributed by atoms with Gasteiger partial charge in [-0.05, 0) is 55.5 Å². The van der Waals surface area contributed by atoms with Gasteiger partial charge in [-0.15, -0.1) is 0 Å². The van der Waals surface area contributed by atoms with Crippen molar-refractivity contribution in [2.75, 3.05) is 20.1 Å². The van der Waals surface area contributed by atoms with E-state index >= 15 is 0 Å². The minimum Gasteiger partial charge on any atom is -0.339 e. The van der Waals surface area contributed by atoms with E-state index in [2.05, 4.69) is 9.88 Å². The van der Waals surface area contributed by atoms with Gasteiger partial charge < -0.3 is 14.4 Å². The molecule has 1 saturated carbocycles. The number of likely N-dealkylation sites (tertiary alicyclic amines) is 1. The lowest BCUT2D eigenvalue weighted by atomic mass is 10.00. The summed E-state index contributed by atoms with van der Waals surface area (Å²) in [4.78, 5) is 21.8. The molecule has 1 aliphatic heterocycles. The number of carbonyl (C=O) groups excluding carboxylic acids is 1. The molecule has 1 aromatic heterocycles. The zero-order chi connectivity index (χ0) is 22.1. The molecule has 0 spiro atoms. The molecule has 1 amide bonds. The van der Waals surface area contributed by atoms with E-state index in [1.54, 1.807) is 12.4 Å². The Hall–Kier alpha value is -2.73. The summed E-state index contributed by atoms with van der Waals surface area (Å²) in [5.74, 6) is -0.217. The van der Waals surface area contributed by atoms with E-state index < -0.39 is 0 Å². The SMILES string of the molecule is CN(C(=O)c1ccc(Cn2cnc3c(F)cccc32)cc1)C1CCN(C2CCCC2)CC1. The molecule has 0 bridgehead atoms. The third kappa shape index (κ3) is 4.16. The molecule has 1 aliphatic carbocycles. The van der Waals surface area contributed by atoms with Crippen molar-refractivity contribution in [1.29, 1.82) is 0 Å². The molecule has 0 N–H and O–H groups in total. The maximum atomic E-state index is 13.9. The van der Waals surface area contributed by atoms with Crippen LogP contribution in [0.15, 0.2) is 48.8 Å². The lowest BCUT2D eigenvalue weighted by Gasteiger charge is -2.39. The van der Waals surface area contributed by atoms with Crippen molar-refractivity contribution in [2.24, 2.45) is 0 Å². The minimum atomic E-state index is -0.306. The first-order valence-corrected chi connectivity index (χ1v) is 11.8. The van der Waals surface area contributed by atoms with E-state index in [1.165, 1.54) is 31.7 Å². The van der Waals surface area contributed by atoms with Crippen molar-refractivity contribution in [3.63, 3.8) is 0 Å². The maximum Gasteiger partial charge on any atom is 0.253 e. The fourth-order valence-corrected chi connectivity index (χ4v) is 5.41. The molecule has 1 saturated heterocycles. The molecule has 6 heteroatoms. The number of hydrogen-bond donors (Lipinski definition) is 0. The molecule has 0 atom stereocenters. The van der Waals surface area contributed by atoms with Crippen LogP contribution in [0.1, 0.15) is 54.4 Å². The first-order valence-electron chi connectivity index (χ1n) is 11.8. The van der Waals surface area contributed by atoms with Gasteiger partial charge in [0, 0.05) is 44.3 Å². The second-order valence-corrected chi connectivity index (χ2v) is 9.30. The van der Waals surface area contributed by atoms with Crippen LogP contribution < -0.4 is 0 Å². The average Bonchev–Trinajstić information content (AvgIpc) is 3.50. The molecule has 32 heavy (non-hydrogen) atoms. The van der Waals surface area contributed by atoms with Crippen molar-refractivity contribution in [3.8, 4) is 0 Å². The molecule has 2 aliphatic rings. The lowest BCUT2D eigenvalue weighted by Crippen LogP contribution is -2.48. The van der Waals surface area contributed by atoms with Crippen LogP contribution in [-0.4, -0.2) is 57.5 Å². The van der Waals surface area contributed by atoms with Gasteiger partial charge in [-0.2, -0.15) is 0 Å². The summed E-state index contributed by atoms with van der Waals surface area (Å²) < 4.78 is 15.8. The number of para-hydroxylation sites is 1. The van der Waals surface area contributed by atoms with Crippen LogP contribution in [-0.2, 0) is 6.54 Å². The van der Waals surface area contributed by atoms with Crippen LogP contribution in [0, 0.1) is 5.82 Å². The molecule has 3 aromatic rings. The zero-order valence-electron chi connectivity index (χ0n) is 18.7. The summed E-state index contributed by atoms with van der Waals surface area (Å²) in [6.07, 6.45) is 9.20. The van der Waals surface area contributed by atoms with Crippen LogP contribution in [0.5, 0.6) is 0 Å². The summed E-state index contributed by atoms with van der Waals surface area (Å²) in [6, 6.07) is 13.9. The molecule has 0 unspecified atom stereocenters. The monoisotopic (exact) mass is 434 g/mol. The van der Waals surface area contributed by atoms with E-state index in [-0.39, 0.29) is 11.7 Å². The molecular formula is C26H31FN4O. The van der Waals surface area contributed by atoms with E-state index in [0.29, 0.717) is 18.1 Å². The van der Waals surface area contributed by atoms with Crippen molar-refractivity contribution >= 4 is 16.9 Å². The third-order valence-electron chi connectivity index (χ3n) is 7.36. The summed E-state index contributed by atoms with van der Waals surface area (Å²) in [6.45, 7) is 2.79. The maximum absolute atomic E-state index is 13.9. The molecule has 0 radical (unpaired) electrons. The topological polar surface area (TPSA) is 41.4 Å². The Morgan fingerprint density at radius 3 is 2.50 bits per heavy atom. The fraction of sp³-hybridized carbons (Fsp3) is 0.462. The second kappa shape index (κ2) is 9.02. The first-order chi connectivity index (χ1) is 15.6. The summed E-state index contributed by atoms with van der Waals surface area (Å²) in [5.41, 5.74) is 2.93. The molecular weight excluding hydrogens is 403 g/mol. The number of imidazole rings is 1. The number of fused-ring (bicyclic) bond motifs is 1. The lowest BCUT2D eigenvalue weighted by molar-refractivity contribution is 0.0598. The van der Waals surface area contributed by atoms with Gasteiger partial charge in [0.05, 0.1) is 11.8 Å². The minimum absolute atomic E-state index is 0.0889. The Labute approximate surface area is 188 Å². The number of hydrogen-bond acceptors (Lipinski definition) is 3. The molecule has 2 fully saturated rings. The van der Waals surface area contributed by atoms with Crippen LogP contribution in [0.25, 0.3) is 11.0 Å². The zero-order valence-corrected chi connectivity index (χ0v) is 18.7. The van der Waals surface area contributed by atoms with Crippen molar-refractivity contribution < 1.29 is 9.18 Å². The van der Waals surface area contributed by atoms with Crippen LogP contribution in [0.3, 0.4) is 0 Å². The van der Waals surface area contributed by atoms with Crippen molar-refractivity contribution in [1.82, 2.24) is 19.4 Å². The van der Waals surface area contributed by atoms with Gasteiger partial charge in [0.1, 0.15) is 5.52 Å². The number of carbonyl (C=O) groups is 1. The quantitative estimate of drug-likeness (QED) is 0.584. The van der Waals surface area contributed by atoms with Crippen molar-refractivity contribution in [3.05, 3.63) is 65.7 Å². The van der Waals surface area contributed by atoms with Gasteiger partial charge in [0.2, 0.25) is 0 Å². The predicted octanol–water partition coefficient (Wildman–Crippen LogP) is 4.70. The van der Waals surface area contributed by atoms with Gasteiger partial charge in [0.25, 0.3) is 5.91 Å². The van der Waals surface area contributed by atoms with Gasteiger partial charge in [-0.1, -0.05) is 31.0 Å². The number of amides is 1. The van der Waals surface area contributed by atoms with Gasteiger partial charge in [-0.25, -0.2) is 9.37 Å². The van der Waals surface area contributed by atoms with E-state index in [1.807, 2.05) is 46.8 Å². The van der Waals surface area contributed by atoms with E-state index in [4.69, 9.17) is 0 Å². The second-order valence-electron chi connectivity index (χ2n) is 9.30. The number of piperidine rings is 1. The number of aromatic nitrogens is 2. The highest BCUT2D eigenvalue weighted by Crippen LogP contribution is 2.27. The average molecular weight is 435 g/mol. The van der Waals surface area contributed by atoms with Crippen molar-refractivity contribution in [2.45, 2.75) is 57.2 Å². The molecule has 2 heterocycles. The predicted molar refractivity (Wildman–Crippen MR) is 124 cm³/mol. The standard InChI is InChI=1S/C26H31FN4O/c1-29(21-13-15-30(16-14-21)22-5-2-3-6-22)26(32)20-11-9-19(10-12-20)17-31-18-28-25-23(27)7-4-8-24(25)31/h4,7-12,18,21-22H,2-3,5-6,13-17H2,1H3. The summed E-state index contributed by atoms with van der Waals surface area (Å²) >= 11 is 0. The normalized spacial score (nSPS) is 18.4. The Morgan fingerprint density at radius 2 is 1.78 bits per heavy atom. The molecule has 5 rings (SSSR count). The number of halogens is 1. The smallest absolute Gasteiger partial charge is 0.253 e. The fourth-order valence-electron chi connectivity index (χ4n) is 5.41. The Kier molecular flexibility index (Phi) is 5.96. The number of rotatable bonds is 5. The van der Waals surface area contributed by atoms with Gasteiger partial charge >= 0.3 is 0 Å². The third-order valence-corrected chi connectivity index (χ3v) is 7.36. The molecule has 2 aromatic carbocycles. The Balaban J connectivity index is 1.20. The first kappa shape index (κ1) is 21.1. The van der Waals surface area contributed by atoms with Crippen LogP contribution in [0.2, 0.25) is 0 Å². The Bertz CT molecular complexity index is 1080. The highest BCUT2D eigenvalue weighted by atomic mass is 19.1. The Morgan fingerprint density at radius 1 is 1.06 bits per heavy atom. The summed E-state index contributed by atoms with van der Waals surface area (Å²) in [7, 11) is 1.94. The van der Waals surface area contributed by atoms with Crippen LogP contribution >= 0.6 is 0 Å². The highest BCUT2D eigenvalue weighted by molar-refractivity contribution is 5.94. The summed E-state index contributed by atoms with van der Waals surface area (Å²) in [5, 5.41) is 0. The largest absolute Gasteiger partial charge is 0.339 e. The molecule has 5 nitrogen and oxygen atoms in total. The van der Waals surface area contributed by atoms with E-state index in [9.17, 15) is 9.18 Å². The van der Waals surface area contributed by atoms with Crippen LogP contribution in [0.4, 0.5) is 4.39 Å². The van der Waals surface area contributed by atoms with Gasteiger partial charge in [0.15, 0.2) is 5.82 Å². The number of nitrogens with zero attached hydrogens (tertiary/aromatic N) is 4. The van der Waals surface area contributed by atoms with Gasteiger partial charge in [-0.3, -0.25) is 4.79 Å². The highest BCUT2D eigenvalue weighted by Gasteiger charge is 2.30.